The van der Waals surface area contributed by atoms with Gasteiger partial charge in [-0.2, -0.15) is 0 Å². The molecule has 0 aliphatic heterocycles. The number of methoxy groups -OCH3 is 2. The molecule has 0 aliphatic rings. The minimum atomic E-state index is 0. The summed E-state index contributed by atoms with van der Waals surface area (Å²) >= 11 is 0. The quantitative estimate of drug-likeness (QED) is 0.304. The Morgan fingerprint density at radius 3 is 2.31 bits per heavy atom. The maximum atomic E-state index is 5.38. The molecule has 7 heteroatoms. The molecule has 1 unspecified atom stereocenters. The Bertz CT molecular complexity index is 754. The zero-order valence-corrected chi connectivity index (χ0v) is 20.3. The highest BCUT2D eigenvalue weighted by atomic mass is 127. The van der Waals surface area contributed by atoms with Crippen LogP contribution in [-0.2, 0) is 6.42 Å². The Balaban J connectivity index is 0.00000420. The van der Waals surface area contributed by atoms with Crippen LogP contribution in [0, 0.1) is 0 Å². The third kappa shape index (κ3) is 8.10. The molecule has 0 aromatic heterocycles. The molecule has 0 spiro atoms. The second-order valence-corrected chi connectivity index (χ2v) is 6.72. The predicted molar refractivity (Wildman–Crippen MR) is 132 cm³/mol. The molecule has 0 fully saturated rings. The zero-order valence-electron chi connectivity index (χ0n) is 17.9. The van der Waals surface area contributed by atoms with E-state index < -0.39 is 0 Å². The summed E-state index contributed by atoms with van der Waals surface area (Å²) in [7, 11) is 7.45. The van der Waals surface area contributed by atoms with Crippen LogP contribution in [0.3, 0.4) is 0 Å². The smallest absolute Gasteiger partial charge is 0.195 e. The van der Waals surface area contributed by atoms with Gasteiger partial charge in [0.05, 0.1) is 20.8 Å². The summed E-state index contributed by atoms with van der Waals surface area (Å²) in [5.41, 5.74) is 2.20. The number of guanidine groups is 1. The van der Waals surface area contributed by atoms with Gasteiger partial charge in [0.25, 0.3) is 0 Å². The number of benzene rings is 2. The fourth-order valence-corrected chi connectivity index (χ4v) is 2.85. The fourth-order valence-electron chi connectivity index (χ4n) is 2.85. The van der Waals surface area contributed by atoms with Crippen molar-refractivity contribution in [1.29, 1.82) is 0 Å². The maximum Gasteiger partial charge on any atom is 0.195 e. The van der Waals surface area contributed by atoms with Crippen LogP contribution in [0.15, 0.2) is 53.5 Å². The van der Waals surface area contributed by atoms with E-state index in [9.17, 15) is 0 Å². The fraction of sp³-hybridized carbons (Fsp3) is 0.409. The summed E-state index contributed by atoms with van der Waals surface area (Å²) in [4.78, 5) is 7.02. The highest BCUT2D eigenvalue weighted by molar-refractivity contribution is 14.0. The van der Waals surface area contributed by atoms with Gasteiger partial charge in [-0.3, -0.25) is 4.99 Å². The summed E-state index contributed by atoms with van der Waals surface area (Å²) in [6.07, 6.45) is 0.951. The minimum Gasteiger partial charge on any atom is -0.493 e. The van der Waals surface area contributed by atoms with Gasteiger partial charge in [-0.1, -0.05) is 30.3 Å². The van der Waals surface area contributed by atoms with Crippen molar-refractivity contribution >= 4 is 35.6 Å². The van der Waals surface area contributed by atoms with Crippen LogP contribution < -0.4 is 20.1 Å². The van der Waals surface area contributed by atoms with Crippen LogP contribution in [0.1, 0.15) is 12.5 Å². The second kappa shape index (κ2) is 13.3. The first kappa shape index (κ1) is 25.0. The van der Waals surface area contributed by atoms with E-state index in [-0.39, 0.29) is 24.0 Å². The van der Waals surface area contributed by atoms with E-state index in [2.05, 4.69) is 60.8 Å². The van der Waals surface area contributed by atoms with Gasteiger partial charge >= 0.3 is 0 Å². The van der Waals surface area contributed by atoms with Crippen molar-refractivity contribution < 1.29 is 9.47 Å². The molecule has 2 N–H and O–H groups in total. The van der Waals surface area contributed by atoms with Crippen LogP contribution >= 0.6 is 24.0 Å². The number of likely N-dealkylation sites (N-methyl/N-ethyl adjacent to an activating group) is 1. The third-order valence-corrected chi connectivity index (χ3v) is 4.50. The van der Waals surface area contributed by atoms with E-state index in [1.165, 1.54) is 5.56 Å². The molecule has 29 heavy (non-hydrogen) atoms. The van der Waals surface area contributed by atoms with Crippen LogP contribution in [0.25, 0.3) is 0 Å². The van der Waals surface area contributed by atoms with Gasteiger partial charge in [0.2, 0.25) is 0 Å². The number of ether oxygens (including phenoxy) is 2. The molecule has 1 atom stereocenters. The Morgan fingerprint density at radius 2 is 1.72 bits per heavy atom. The average Bonchev–Trinajstić information content (AvgIpc) is 2.71. The number of anilines is 1. The molecular weight excluding hydrogens is 479 g/mol. The molecule has 0 aliphatic carbocycles. The van der Waals surface area contributed by atoms with Crippen molar-refractivity contribution in [3.8, 4) is 11.5 Å². The summed E-state index contributed by atoms with van der Waals surface area (Å²) in [5, 5.41) is 6.65. The molecule has 0 saturated heterocycles. The van der Waals surface area contributed by atoms with Crippen LogP contribution in [0.5, 0.6) is 11.5 Å². The van der Waals surface area contributed by atoms with Crippen molar-refractivity contribution in [2.45, 2.75) is 19.4 Å². The van der Waals surface area contributed by atoms with E-state index in [0.717, 1.165) is 24.6 Å². The largest absolute Gasteiger partial charge is 0.493 e. The van der Waals surface area contributed by atoms with Crippen LogP contribution in [0.4, 0.5) is 5.69 Å². The maximum absolute atomic E-state index is 5.38. The summed E-state index contributed by atoms with van der Waals surface area (Å²) in [6.45, 7) is 3.52. The standard InChI is InChI=1S/C22H32N4O2.HI/c1-6-23-22(25-18-12-13-20(27-4)21(15-18)28-5)24-16-19(26(2)3)14-17-10-8-7-9-11-17;/h7-13,15,19H,6,14,16H2,1-5H3,(H2,23,24,25);1H. The van der Waals surface area contributed by atoms with Crippen molar-refractivity contribution in [3.05, 3.63) is 54.1 Å². The number of hydrogen-bond acceptors (Lipinski definition) is 4. The highest BCUT2D eigenvalue weighted by Crippen LogP contribution is 2.29. The number of rotatable bonds is 9. The summed E-state index contributed by atoms with van der Waals surface area (Å²) in [6, 6.07) is 16.6. The topological polar surface area (TPSA) is 58.1 Å². The van der Waals surface area contributed by atoms with Gasteiger partial charge < -0.3 is 25.0 Å². The van der Waals surface area contributed by atoms with Crippen molar-refractivity contribution in [2.24, 2.45) is 4.99 Å². The number of nitrogens with one attached hydrogen (secondary N) is 2. The Labute approximate surface area is 191 Å². The van der Waals surface area contributed by atoms with Gasteiger partial charge in [0.15, 0.2) is 17.5 Å². The van der Waals surface area contributed by atoms with Gasteiger partial charge in [0, 0.05) is 24.3 Å². The molecule has 0 radical (unpaired) electrons. The Kier molecular flexibility index (Phi) is 11.5. The lowest BCUT2D eigenvalue weighted by atomic mass is 10.1. The first-order chi connectivity index (χ1) is 13.6. The van der Waals surface area contributed by atoms with E-state index in [1.807, 2.05) is 24.3 Å². The zero-order chi connectivity index (χ0) is 20.4. The van der Waals surface area contributed by atoms with Crippen molar-refractivity contribution in [3.63, 3.8) is 0 Å². The van der Waals surface area contributed by atoms with E-state index in [1.54, 1.807) is 14.2 Å². The predicted octanol–water partition coefficient (Wildman–Crippen LogP) is 3.87. The SMILES string of the molecule is CCNC(=NCC(Cc1ccccc1)N(C)C)Nc1ccc(OC)c(OC)c1.I. The van der Waals surface area contributed by atoms with Gasteiger partial charge in [-0.15, -0.1) is 24.0 Å². The van der Waals surface area contributed by atoms with E-state index >= 15 is 0 Å². The highest BCUT2D eigenvalue weighted by Gasteiger charge is 2.13. The molecule has 0 saturated carbocycles. The van der Waals surface area contributed by atoms with Crippen LogP contribution in [-0.4, -0.2) is 58.3 Å². The lowest BCUT2D eigenvalue weighted by Gasteiger charge is -2.23. The molecule has 6 nitrogen and oxygen atoms in total. The number of aliphatic imine (C=N–C) groups is 1. The number of halogens is 1. The van der Waals surface area contributed by atoms with E-state index in [0.29, 0.717) is 24.1 Å². The normalized spacial score (nSPS) is 12.1. The molecular formula is C22H33IN4O2. The molecule has 160 valence electrons. The Hall–Kier alpha value is -2.00. The van der Waals surface area contributed by atoms with Gasteiger partial charge in [-0.25, -0.2) is 0 Å². The summed E-state index contributed by atoms with van der Waals surface area (Å²) < 4.78 is 10.7. The van der Waals surface area contributed by atoms with Crippen LogP contribution in [0.2, 0.25) is 0 Å². The molecule has 0 bridgehead atoms. The lowest BCUT2D eigenvalue weighted by molar-refractivity contribution is 0.298. The van der Waals surface area contributed by atoms with Gasteiger partial charge in [0.1, 0.15) is 0 Å². The third-order valence-electron chi connectivity index (χ3n) is 4.50. The monoisotopic (exact) mass is 512 g/mol. The number of nitrogens with zero attached hydrogens (tertiary/aromatic N) is 2. The lowest BCUT2D eigenvalue weighted by Crippen LogP contribution is -2.36. The first-order valence-electron chi connectivity index (χ1n) is 9.55. The molecule has 0 heterocycles. The number of hydrogen-bond donors (Lipinski definition) is 2. The molecule has 2 aromatic carbocycles. The molecule has 2 aromatic rings. The Morgan fingerprint density at radius 1 is 1.03 bits per heavy atom. The van der Waals surface area contributed by atoms with Crippen molar-refractivity contribution in [1.82, 2.24) is 10.2 Å². The summed E-state index contributed by atoms with van der Waals surface area (Å²) in [5.74, 6) is 2.12. The first-order valence-corrected chi connectivity index (χ1v) is 9.55. The van der Waals surface area contributed by atoms with Gasteiger partial charge in [-0.05, 0) is 45.1 Å². The molecule has 0 amide bonds. The van der Waals surface area contributed by atoms with E-state index in [4.69, 9.17) is 14.5 Å². The second-order valence-electron chi connectivity index (χ2n) is 6.72. The molecule has 2 rings (SSSR count). The average molecular weight is 512 g/mol. The minimum absolute atomic E-state index is 0. The van der Waals surface area contributed by atoms with Crippen molar-refractivity contribution in [2.75, 3.05) is 46.7 Å².